The Morgan fingerprint density at radius 2 is 1.80 bits per heavy atom. The minimum absolute atomic E-state index is 0.113. The van der Waals surface area contributed by atoms with Gasteiger partial charge in [-0.25, -0.2) is 0 Å². The molecule has 0 N–H and O–H groups in total. The summed E-state index contributed by atoms with van der Waals surface area (Å²) in [6.07, 6.45) is 2.10. The second-order valence-corrected chi connectivity index (χ2v) is 5.11. The van der Waals surface area contributed by atoms with Crippen LogP contribution < -0.4 is 0 Å². The maximum Gasteiger partial charge on any atom is 0.179 e. The number of carbonyl (C=O) groups is 1. The molecular weight excluding hydrogens is 250 g/mol. The van der Waals surface area contributed by atoms with Crippen LogP contribution in [-0.4, -0.2) is 43.0 Å². The number of rotatable bonds is 9. The number of Topliss-reactive ketones (excluding diaryl/α,β-unsaturated/α-hetero) is 1. The zero-order valence-electron chi connectivity index (χ0n) is 13.1. The van der Waals surface area contributed by atoms with Crippen molar-refractivity contribution >= 4 is 5.78 Å². The zero-order chi connectivity index (χ0) is 15.0. The lowest BCUT2D eigenvalue weighted by molar-refractivity contribution is 0.0632. The number of hydrogen-bond acceptors (Lipinski definition) is 3. The van der Waals surface area contributed by atoms with Gasteiger partial charge in [-0.2, -0.15) is 0 Å². The van der Waals surface area contributed by atoms with E-state index in [9.17, 15) is 4.79 Å². The Morgan fingerprint density at radius 3 is 2.30 bits per heavy atom. The van der Waals surface area contributed by atoms with Crippen molar-refractivity contribution < 1.29 is 9.53 Å². The van der Waals surface area contributed by atoms with Crippen molar-refractivity contribution in [3.63, 3.8) is 0 Å². The summed E-state index contributed by atoms with van der Waals surface area (Å²) in [4.78, 5) is 14.9. The average Bonchev–Trinajstić information content (AvgIpc) is 2.51. The highest BCUT2D eigenvalue weighted by Gasteiger charge is 2.26. The molecule has 1 aromatic carbocycles. The molecule has 1 unspecified atom stereocenters. The molecule has 0 aliphatic rings. The van der Waals surface area contributed by atoms with Crippen LogP contribution in [0, 0.1) is 0 Å². The Bertz CT molecular complexity index is 387. The second-order valence-electron chi connectivity index (χ2n) is 5.11. The summed E-state index contributed by atoms with van der Waals surface area (Å²) >= 11 is 0. The predicted molar refractivity (Wildman–Crippen MR) is 83.2 cm³/mol. The van der Waals surface area contributed by atoms with E-state index in [0.29, 0.717) is 12.6 Å². The maximum atomic E-state index is 12.6. The van der Waals surface area contributed by atoms with Crippen LogP contribution in [0.4, 0.5) is 0 Å². The first-order valence-corrected chi connectivity index (χ1v) is 7.49. The molecule has 0 bridgehead atoms. The third-order valence-corrected chi connectivity index (χ3v) is 3.90. The summed E-state index contributed by atoms with van der Waals surface area (Å²) in [6.45, 7) is 7.80. The molecule has 3 heteroatoms. The Labute approximate surface area is 122 Å². The molecule has 0 fully saturated rings. The molecule has 0 aliphatic heterocycles. The largest absolute Gasteiger partial charge is 0.383 e. The lowest BCUT2D eigenvalue weighted by atomic mass is 10.0. The number of nitrogens with zero attached hydrogens (tertiary/aromatic N) is 1. The van der Waals surface area contributed by atoms with Crippen LogP contribution in [0.1, 0.15) is 44.0 Å². The van der Waals surface area contributed by atoms with Gasteiger partial charge in [0.2, 0.25) is 0 Å². The van der Waals surface area contributed by atoms with E-state index in [1.165, 1.54) is 0 Å². The van der Waals surface area contributed by atoms with Crippen LogP contribution in [0.15, 0.2) is 30.3 Å². The molecule has 3 nitrogen and oxygen atoms in total. The molecular formula is C17H27NO2. The van der Waals surface area contributed by atoms with Gasteiger partial charge in [0.05, 0.1) is 12.6 Å². The van der Waals surface area contributed by atoms with Gasteiger partial charge >= 0.3 is 0 Å². The minimum Gasteiger partial charge on any atom is -0.383 e. The summed E-state index contributed by atoms with van der Waals surface area (Å²) < 4.78 is 5.19. The Kier molecular flexibility index (Phi) is 7.48. The summed E-state index contributed by atoms with van der Waals surface area (Å²) in [6, 6.07) is 9.85. The zero-order valence-corrected chi connectivity index (χ0v) is 13.1. The lowest BCUT2D eigenvalue weighted by Gasteiger charge is -2.34. The van der Waals surface area contributed by atoms with Crippen LogP contribution in [0.2, 0.25) is 0 Å². The molecule has 1 aromatic rings. The fourth-order valence-corrected chi connectivity index (χ4v) is 2.64. The van der Waals surface area contributed by atoms with Crippen molar-refractivity contribution in [1.82, 2.24) is 4.90 Å². The minimum atomic E-state index is -0.113. The maximum absolute atomic E-state index is 12.6. The number of hydrogen-bond donors (Lipinski definition) is 0. The van der Waals surface area contributed by atoms with E-state index in [4.69, 9.17) is 4.74 Å². The fourth-order valence-electron chi connectivity index (χ4n) is 2.64. The van der Waals surface area contributed by atoms with Crippen LogP contribution in [0.3, 0.4) is 0 Å². The van der Waals surface area contributed by atoms with E-state index in [1.54, 1.807) is 7.11 Å². The Morgan fingerprint density at radius 1 is 1.20 bits per heavy atom. The van der Waals surface area contributed by atoms with E-state index in [2.05, 4.69) is 18.7 Å². The first kappa shape index (κ1) is 16.9. The van der Waals surface area contributed by atoms with Crippen LogP contribution in [0.25, 0.3) is 0 Å². The summed E-state index contributed by atoms with van der Waals surface area (Å²) in [7, 11) is 1.70. The van der Waals surface area contributed by atoms with Gasteiger partial charge in [0.25, 0.3) is 0 Å². The standard InChI is InChI=1S/C17H27NO2/c1-5-16(6-2)18(12-13-20-4)14(3)17(19)15-10-8-7-9-11-15/h7-11,14,16H,5-6,12-13H2,1-4H3. The molecule has 1 rings (SSSR count). The molecule has 0 saturated carbocycles. The van der Waals surface area contributed by atoms with E-state index >= 15 is 0 Å². The highest BCUT2D eigenvalue weighted by atomic mass is 16.5. The molecule has 20 heavy (non-hydrogen) atoms. The number of methoxy groups -OCH3 is 1. The normalized spacial score (nSPS) is 12.9. The lowest BCUT2D eigenvalue weighted by Crippen LogP contribution is -2.47. The van der Waals surface area contributed by atoms with Crippen molar-refractivity contribution in [3.05, 3.63) is 35.9 Å². The van der Waals surface area contributed by atoms with E-state index in [1.807, 2.05) is 37.3 Å². The first-order valence-electron chi connectivity index (χ1n) is 7.49. The summed E-state index contributed by atoms with van der Waals surface area (Å²) in [5.41, 5.74) is 0.786. The first-order chi connectivity index (χ1) is 9.65. The molecule has 0 amide bonds. The number of ether oxygens (including phenoxy) is 1. The van der Waals surface area contributed by atoms with Gasteiger partial charge in [-0.3, -0.25) is 9.69 Å². The van der Waals surface area contributed by atoms with Gasteiger partial charge in [-0.15, -0.1) is 0 Å². The van der Waals surface area contributed by atoms with E-state index < -0.39 is 0 Å². The van der Waals surface area contributed by atoms with Crippen molar-refractivity contribution in [2.45, 2.75) is 45.7 Å². The van der Waals surface area contributed by atoms with Crippen LogP contribution >= 0.6 is 0 Å². The fraction of sp³-hybridized carbons (Fsp3) is 0.588. The number of ketones is 1. The Balaban J connectivity index is 2.86. The molecule has 0 heterocycles. The number of carbonyl (C=O) groups excluding carboxylic acids is 1. The Hall–Kier alpha value is -1.19. The molecule has 0 aromatic heterocycles. The molecule has 1 atom stereocenters. The molecule has 0 radical (unpaired) electrons. The van der Waals surface area contributed by atoms with Gasteiger partial charge < -0.3 is 4.74 Å². The van der Waals surface area contributed by atoms with Crippen LogP contribution in [-0.2, 0) is 4.74 Å². The average molecular weight is 277 g/mol. The molecule has 0 saturated heterocycles. The topological polar surface area (TPSA) is 29.5 Å². The van der Waals surface area contributed by atoms with Gasteiger partial charge in [-0.05, 0) is 19.8 Å². The van der Waals surface area contributed by atoms with E-state index in [-0.39, 0.29) is 11.8 Å². The molecule has 0 aliphatic carbocycles. The van der Waals surface area contributed by atoms with E-state index in [0.717, 1.165) is 24.9 Å². The summed E-state index contributed by atoms with van der Waals surface area (Å²) in [5.74, 6) is 0.189. The van der Waals surface area contributed by atoms with Gasteiger partial charge in [0.15, 0.2) is 5.78 Å². The highest BCUT2D eigenvalue weighted by molar-refractivity contribution is 5.99. The van der Waals surface area contributed by atoms with Crippen molar-refractivity contribution in [3.8, 4) is 0 Å². The van der Waals surface area contributed by atoms with Crippen molar-refractivity contribution in [2.24, 2.45) is 0 Å². The monoisotopic (exact) mass is 277 g/mol. The SMILES string of the molecule is CCC(CC)N(CCOC)C(C)C(=O)c1ccccc1. The van der Waals surface area contributed by atoms with Gasteiger partial charge in [0.1, 0.15) is 0 Å². The molecule has 112 valence electrons. The van der Waals surface area contributed by atoms with Crippen LogP contribution in [0.5, 0.6) is 0 Å². The second kappa shape index (κ2) is 8.88. The molecule has 0 spiro atoms. The highest BCUT2D eigenvalue weighted by Crippen LogP contribution is 2.16. The predicted octanol–water partition coefficient (Wildman–Crippen LogP) is 3.39. The van der Waals surface area contributed by atoms with Crippen molar-refractivity contribution in [1.29, 1.82) is 0 Å². The third kappa shape index (κ3) is 4.43. The summed E-state index contributed by atoms with van der Waals surface area (Å²) in [5, 5.41) is 0. The third-order valence-electron chi connectivity index (χ3n) is 3.90. The van der Waals surface area contributed by atoms with Gasteiger partial charge in [0, 0.05) is 25.3 Å². The quantitative estimate of drug-likeness (QED) is 0.648. The smallest absolute Gasteiger partial charge is 0.179 e. The van der Waals surface area contributed by atoms with Crippen molar-refractivity contribution in [2.75, 3.05) is 20.3 Å². The number of benzene rings is 1. The van der Waals surface area contributed by atoms with Gasteiger partial charge in [-0.1, -0.05) is 44.2 Å².